The second-order valence-electron chi connectivity index (χ2n) is 8.58. The highest BCUT2D eigenvalue weighted by molar-refractivity contribution is 5.90. The van der Waals surface area contributed by atoms with E-state index >= 15 is 0 Å². The van der Waals surface area contributed by atoms with E-state index in [9.17, 15) is 14.7 Å². The van der Waals surface area contributed by atoms with E-state index in [1.54, 1.807) is 9.80 Å². The van der Waals surface area contributed by atoms with E-state index in [1.807, 2.05) is 97.9 Å². The Morgan fingerprint density at radius 3 is 2.21 bits per heavy atom. The molecule has 0 spiro atoms. The maximum Gasteiger partial charge on any atom is 0.414 e. The number of para-hydroxylation sites is 1. The van der Waals surface area contributed by atoms with Crippen LogP contribution in [-0.2, 0) is 16.1 Å². The van der Waals surface area contributed by atoms with E-state index in [0.717, 1.165) is 11.1 Å². The second kappa shape index (κ2) is 11.0. The molecule has 4 rings (SSSR count). The second-order valence-corrected chi connectivity index (χ2v) is 8.58. The van der Waals surface area contributed by atoms with E-state index in [-0.39, 0.29) is 31.0 Å². The molecule has 1 aliphatic heterocycles. The van der Waals surface area contributed by atoms with Crippen LogP contribution in [0.5, 0.6) is 0 Å². The fraction of sp³-hybridized carbons (Fsp3) is 0.286. The van der Waals surface area contributed by atoms with Gasteiger partial charge in [-0.25, -0.2) is 4.79 Å². The van der Waals surface area contributed by atoms with Gasteiger partial charge in [0.05, 0.1) is 18.2 Å². The summed E-state index contributed by atoms with van der Waals surface area (Å²) >= 11 is 0. The number of benzene rings is 3. The third-order valence-electron chi connectivity index (χ3n) is 6.32. The van der Waals surface area contributed by atoms with Crippen LogP contribution in [0.1, 0.15) is 37.0 Å². The van der Waals surface area contributed by atoms with Crippen LogP contribution in [0.4, 0.5) is 10.5 Å². The number of carbonyl (C=O) groups is 2. The zero-order chi connectivity index (χ0) is 23.9. The Morgan fingerprint density at radius 1 is 1.00 bits per heavy atom. The standard InChI is InChI=1S/C28H30N2O4/c1-21(27(32)23-13-7-3-8-14-23)29-18-17-25(19-26(29)31)30(24-15-9-4-10-16-24)28(33)34-20-22-11-5-2-6-12-22/h2-16,21,25,27,32H,17-20H2,1H3/t21-,25-,27+/m1/s1. The summed E-state index contributed by atoms with van der Waals surface area (Å²) in [6.07, 6.45) is -0.491. The molecule has 0 aromatic heterocycles. The van der Waals surface area contributed by atoms with Crippen LogP contribution in [0.3, 0.4) is 0 Å². The van der Waals surface area contributed by atoms with E-state index in [2.05, 4.69) is 0 Å². The number of amides is 2. The minimum Gasteiger partial charge on any atom is -0.444 e. The van der Waals surface area contributed by atoms with Crippen LogP contribution >= 0.6 is 0 Å². The van der Waals surface area contributed by atoms with Crippen molar-refractivity contribution in [3.8, 4) is 0 Å². The van der Waals surface area contributed by atoms with Crippen molar-refractivity contribution in [1.29, 1.82) is 0 Å². The maximum absolute atomic E-state index is 13.2. The summed E-state index contributed by atoms with van der Waals surface area (Å²) in [5.41, 5.74) is 2.38. The number of carbonyl (C=O) groups excluding carboxylic acids is 2. The number of anilines is 1. The first-order valence-electron chi connectivity index (χ1n) is 11.6. The average molecular weight is 459 g/mol. The smallest absolute Gasteiger partial charge is 0.414 e. The van der Waals surface area contributed by atoms with Gasteiger partial charge in [-0.2, -0.15) is 0 Å². The summed E-state index contributed by atoms with van der Waals surface area (Å²) < 4.78 is 5.63. The van der Waals surface area contributed by atoms with Gasteiger partial charge in [0.2, 0.25) is 5.91 Å². The lowest BCUT2D eigenvalue weighted by Crippen LogP contribution is -2.53. The molecule has 0 radical (unpaired) electrons. The molecule has 2 amide bonds. The van der Waals surface area contributed by atoms with Gasteiger partial charge in [0.25, 0.3) is 0 Å². The molecule has 1 fully saturated rings. The molecule has 3 aromatic rings. The first kappa shape index (κ1) is 23.5. The first-order valence-corrected chi connectivity index (χ1v) is 11.6. The molecule has 34 heavy (non-hydrogen) atoms. The Morgan fingerprint density at radius 2 is 1.59 bits per heavy atom. The molecule has 6 nitrogen and oxygen atoms in total. The third-order valence-corrected chi connectivity index (χ3v) is 6.32. The predicted octanol–water partition coefficient (Wildman–Crippen LogP) is 4.94. The van der Waals surface area contributed by atoms with Gasteiger partial charge in [-0.15, -0.1) is 0 Å². The normalized spacial score (nSPS) is 17.6. The molecular weight excluding hydrogens is 428 g/mol. The minimum absolute atomic E-state index is 0.0875. The molecule has 3 atom stereocenters. The molecule has 3 aromatic carbocycles. The van der Waals surface area contributed by atoms with Crippen LogP contribution in [0.25, 0.3) is 0 Å². The van der Waals surface area contributed by atoms with Crippen molar-refractivity contribution in [2.75, 3.05) is 11.4 Å². The fourth-order valence-electron chi connectivity index (χ4n) is 4.43. The summed E-state index contributed by atoms with van der Waals surface area (Å²) in [6, 6.07) is 27.5. The fourth-order valence-corrected chi connectivity index (χ4v) is 4.43. The van der Waals surface area contributed by atoms with E-state index in [4.69, 9.17) is 4.74 Å². The molecule has 0 unspecified atom stereocenters. The Bertz CT molecular complexity index is 1080. The van der Waals surface area contributed by atoms with Crippen molar-refractivity contribution in [1.82, 2.24) is 4.90 Å². The highest BCUT2D eigenvalue weighted by Gasteiger charge is 2.37. The molecular formula is C28H30N2O4. The summed E-state index contributed by atoms with van der Waals surface area (Å²) in [5, 5.41) is 10.8. The SMILES string of the molecule is C[C@H]([C@H](O)c1ccccc1)N1CC[C@@H](N(C(=O)OCc2ccccc2)c2ccccc2)CC1=O. The highest BCUT2D eigenvalue weighted by atomic mass is 16.6. The average Bonchev–Trinajstić information content (AvgIpc) is 2.89. The van der Waals surface area contributed by atoms with Crippen molar-refractivity contribution in [2.45, 2.75) is 44.6 Å². The molecule has 176 valence electrons. The third kappa shape index (κ3) is 5.46. The Hall–Kier alpha value is -3.64. The van der Waals surface area contributed by atoms with Gasteiger partial charge in [0.1, 0.15) is 6.61 Å². The molecule has 1 aliphatic rings. The molecule has 1 heterocycles. The van der Waals surface area contributed by atoms with E-state index in [1.165, 1.54) is 0 Å². The van der Waals surface area contributed by atoms with Gasteiger partial charge in [-0.3, -0.25) is 9.69 Å². The number of ether oxygens (including phenoxy) is 1. The Kier molecular flexibility index (Phi) is 7.60. The van der Waals surface area contributed by atoms with Gasteiger partial charge >= 0.3 is 6.09 Å². The number of nitrogens with zero attached hydrogens (tertiary/aromatic N) is 2. The lowest BCUT2D eigenvalue weighted by molar-refractivity contribution is -0.138. The quantitative estimate of drug-likeness (QED) is 0.544. The zero-order valence-corrected chi connectivity index (χ0v) is 19.3. The topological polar surface area (TPSA) is 70.1 Å². The zero-order valence-electron chi connectivity index (χ0n) is 19.3. The molecule has 0 aliphatic carbocycles. The molecule has 0 saturated carbocycles. The maximum atomic E-state index is 13.2. The largest absolute Gasteiger partial charge is 0.444 e. The molecule has 1 N–H and O–H groups in total. The summed E-state index contributed by atoms with van der Waals surface area (Å²) in [6.45, 7) is 2.47. The van der Waals surface area contributed by atoms with Crippen molar-refractivity contribution in [2.24, 2.45) is 0 Å². The predicted molar refractivity (Wildman–Crippen MR) is 131 cm³/mol. The summed E-state index contributed by atoms with van der Waals surface area (Å²) in [5.74, 6) is -0.0875. The van der Waals surface area contributed by atoms with Crippen LogP contribution in [0.2, 0.25) is 0 Å². The van der Waals surface area contributed by atoms with E-state index < -0.39 is 12.2 Å². The van der Waals surface area contributed by atoms with Crippen molar-refractivity contribution in [3.63, 3.8) is 0 Å². The number of aliphatic hydroxyl groups excluding tert-OH is 1. The van der Waals surface area contributed by atoms with E-state index in [0.29, 0.717) is 18.7 Å². The van der Waals surface area contributed by atoms with Crippen molar-refractivity contribution in [3.05, 3.63) is 102 Å². The number of hydrogen-bond donors (Lipinski definition) is 1. The lowest BCUT2D eigenvalue weighted by atomic mass is 9.96. The van der Waals surface area contributed by atoms with Gasteiger partial charge in [-0.1, -0.05) is 78.9 Å². The Balaban J connectivity index is 1.46. The number of piperidine rings is 1. The monoisotopic (exact) mass is 458 g/mol. The number of aliphatic hydroxyl groups is 1. The summed E-state index contributed by atoms with van der Waals surface area (Å²) in [7, 11) is 0. The number of hydrogen-bond acceptors (Lipinski definition) is 4. The van der Waals surface area contributed by atoms with Crippen LogP contribution in [-0.4, -0.2) is 40.6 Å². The van der Waals surface area contributed by atoms with Crippen LogP contribution in [0.15, 0.2) is 91.0 Å². The number of likely N-dealkylation sites (tertiary alicyclic amines) is 1. The minimum atomic E-state index is -0.775. The van der Waals surface area contributed by atoms with Crippen LogP contribution in [0, 0.1) is 0 Å². The highest BCUT2D eigenvalue weighted by Crippen LogP contribution is 2.29. The van der Waals surface area contributed by atoms with Gasteiger partial charge in [0.15, 0.2) is 0 Å². The molecule has 0 bridgehead atoms. The Labute approximate surface area is 200 Å². The van der Waals surface area contributed by atoms with Gasteiger partial charge in [-0.05, 0) is 36.6 Å². The lowest BCUT2D eigenvalue weighted by Gasteiger charge is -2.41. The van der Waals surface area contributed by atoms with Crippen molar-refractivity contribution >= 4 is 17.7 Å². The van der Waals surface area contributed by atoms with Gasteiger partial charge < -0.3 is 14.7 Å². The van der Waals surface area contributed by atoms with Gasteiger partial charge in [0, 0.05) is 18.7 Å². The molecule has 6 heteroatoms. The molecule has 1 saturated heterocycles. The van der Waals surface area contributed by atoms with Crippen LogP contribution < -0.4 is 4.90 Å². The first-order chi connectivity index (χ1) is 16.5. The summed E-state index contributed by atoms with van der Waals surface area (Å²) in [4.78, 5) is 29.6. The van der Waals surface area contributed by atoms with Crippen molar-refractivity contribution < 1.29 is 19.4 Å². The number of rotatable bonds is 7.